The molecule has 4 rings (SSSR count). The predicted octanol–water partition coefficient (Wildman–Crippen LogP) is 2.11. The fraction of sp³-hybridized carbons (Fsp3) is 0.765. The highest BCUT2D eigenvalue weighted by molar-refractivity contribution is 5.91. The van der Waals surface area contributed by atoms with E-state index in [-0.39, 0.29) is 11.5 Å². The quantitative estimate of drug-likeness (QED) is 0.831. The van der Waals surface area contributed by atoms with E-state index < -0.39 is 0 Å². The van der Waals surface area contributed by atoms with Gasteiger partial charge in [-0.2, -0.15) is 0 Å². The van der Waals surface area contributed by atoms with Crippen molar-refractivity contribution < 1.29 is 18.8 Å². The van der Waals surface area contributed by atoms with Crippen molar-refractivity contribution in [3.63, 3.8) is 0 Å². The van der Waals surface area contributed by atoms with Crippen molar-refractivity contribution in [1.29, 1.82) is 0 Å². The van der Waals surface area contributed by atoms with E-state index in [0.29, 0.717) is 31.4 Å². The Hall–Kier alpha value is -1.40. The smallest absolute Gasteiger partial charge is 0.292 e. The minimum absolute atomic E-state index is 0.0882. The number of carbonyl (C=O) groups excluding carboxylic acids is 1. The highest BCUT2D eigenvalue weighted by Gasteiger charge is 2.48. The van der Waals surface area contributed by atoms with Crippen LogP contribution in [-0.2, 0) is 9.47 Å². The van der Waals surface area contributed by atoms with Crippen molar-refractivity contribution in [3.05, 3.63) is 18.0 Å². The summed E-state index contributed by atoms with van der Waals surface area (Å²) in [4.78, 5) is 14.4. The molecule has 2 aliphatic carbocycles. The Morgan fingerprint density at radius 3 is 3.09 bits per heavy atom. The van der Waals surface area contributed by atoms with Gasteiger partial charge in [0.2, 0.25) is 5.76 Å². The lowest BCUT2D eigenvalue weighted by Gasteiger charge is -2.43. The molecular formula is C17H24N2O4. The SMILES string of the molecule is O=C(c1ccno1)N1CCO[C@]2(CCC[C@H]2COCC2CC2)C1. The van der Waals surface area contributed by atoms with Gasteiger partial charge in [0.25, 0.3) is 5.91 Å². The summed E-state index contributed by atoms with van der Waals surface area (Å²) in [5.41, 5.74) is -0.239. The summed E-state index contributed by atoms with van der Waals surface area (Å²) < 4.78 is 17.1. The number of morpholine rings is 1. The van der Waals surface area contributed by atoms with Crippen LogP contribution in [0.1, 0.15) is 42.7 Å². The van der Waals surface area contributed by atoms with Gasteiger partial charge in [0, 0.05) is 25.1 Å². The second kappa shape index (κ2) is 6.24. The van der Waals surface area contributed by atoms with Crippen LogP contribution >= 0.6 is 0 Å². The molecule has 0 bridgehead atoms. The van der Waals surface area contributed by atoms with Crippen LogP contribution < -0.4 is 0 Å². The molecule has 1 spiro atoms. The van der Waals surface area contributed by atoms with Gasteiger partial charge in [-0.05, 0) is 31.6 Å². The van der Waals surface area contributed by atoms with Gasteiger partial charge in [0.1, 0.15) is 0 Å². The zero-order valence-corrected chi connectivity index (χ0v) is 13.4. The molecule has 0 aromatic carbocycles. The lowest BCUT2D eigenvalue weighted by Crippen LogP contribution is -2.56. The minimum atomic E-state index is -0.239. The Morgan fingerprint density at radius 2 is 2.30 bits per heavy atom. The highest BCUT2D eigenvalue weighted by Crippen LogP contribution is 2.42. The molecule has 3 fully saturated rings. The molecule has 23 heavy (non-hydrogen) atoms. The van der Waals surface area contributed by atoms with Crippen LogP contribution in [0.5, 0.6) is 0 Å². The first-order valence-electron chi connectivity index (χ1n) is 8.68. The maximum absolute atomic E-state index is 12.5. The predicted molar refractivity (Wildman–Crippen MR) is 82.0 cm³/mol. The number of ether oxygens (including phenoxy) is 2. The summed E-state index contributed by atoms with van der Waals surface area (Å²) in [6.07, 6.45) is 7.40. The summed E-state index contributed by atoms with van der Waals surface area (Å²) in [6.45, 7) is 3.45. The van der Waals surface area contributed by atoms with Gasteiger partial charge >= 0.3 is 0 Å². The summed E-state index contributed by atoms with van der Waals surface area (Å²) in [5, 5.41) is 3.63. The zero-order valence-electron chi connectivity index (χ0n) is 13.4. The third kappa shape index (κ3) is 3.15. The van der Waals surface area contributed by atoms with E-state index in [4.69, 9.17) is 14.0 Å². The third-order valence-corrected chi connectivity index (χ3v) is 5.41. The average Bonchev–Trinajstić information content (AvgIpc) is 3.08. The van der Waals surface area contributed by atoms with Crippen LogP contribution in [-0.4, -0.2) is 54.5 Å². The highest BCUT2D eigenvalue weighted by atomic mass is 16.5. The largest absolute Gasteiger partial charge is 0.381 e. The van der Waals surface area contributed by atoms with E-state index >= 15 is 0 Å². The molecule has 3 aliphatic rings. The van der Waals surface area contributed by atoms with Gasteiger partial charge in [-0.15, -0.1) is 0 Å². The number of amides is 1. The molecule has 1 aromatic heterocycles. The molecule has 6 nitrogen and oxygen atoms in total. The number of hydrogen-bond donors (Lipinski definition) is 0. The summed E-state index contributed by atoms with van der Waals surface area (Å²) in [7, 11) is 0. The van der Waals surface area contributed by atoms with Crippen LogP contribution in [0.15, 0.2) is 16.8 Å². The van der Waals surface area contributed by atoms with E-state index in [0.717, 1.165) is 38.4 Å². The lowest BCUT2D eigenvalue weighted by atomic mass is 9.89. The average molecular weight is 320 g/mol. The Balaban J connectivity index is 1.40. The first-order chi connectivity index (χ1) is 11.3. The molecule has 1 aromatic rings. The normalized spacial score (nSPS) is 31.0. The van der Waals surface area contributed by atoms with Crippen molar-refractivity contribution in [1.82, 2.24) is 10.1 Å². The Morgan fingerprint density at radius 1 is 1.39 bits per heavy atom. The maximum Gasteiger partial charge on any atom is 0.292 e. The van der Waals surface area contributed by atoms with Crippen molar-refractivity contribution in [2.45, 2.75) is 37.7 Å². The topological polar surface area (TPSA) is 64.8 Å². The second-order valence-electron chi connectivity index (χ2n) is 7.09. The number of nitrogens with zero attached hydrogens (tertiary/aromatic N) is 2. The van der Waals surface area contributed by atoms with Gasteiger partial charge < -0.3 is 18.9 Å². The van der Waals surface area contributed by atoms with Crippen molar-refractivity contribution in [2.24, 2.45) is 11.8 Å². The summed E-state index contributed by atoms with van der Waals surface area (Å²) in [5.74, 6) is 1.38. The zero-order chi connectivity index (χ0) is 15.7. The number of aromatic nitrogens is 1. The lowest BCUT2D eigenvalue weighted by molar-refractivity contribution is -0.133. The summed E-state index contributed by atoms with van der Waals surface area (Å²) in [6, 6.07) is 1.62. The van der Waals surface area contributed by atoms with Crippen molar-refractivity contribution in [2.75, 3.05) is 32.9 Å². The molecule has 1 saturated heterocycles. The number of hydrogen-bond acceptors (Lipinski definition) is 5. The van der Waals surface area contributed by atoms with Gasteiger partial charge in [0.05, 0.1) is 31.6 Å². The Kier molecular flexibility index (Phi) is 4.11. The van der Waals surface area contributed by atoms with Crippen molar-refractivity contribution in [3.8, 4) is 0 Å². The monoisotopic (exact) mass is 320 g/mol. The molecule has 2 heterocycles. The molecule has 2 saturated carbocycles. The van der Waals surface area contributed by atoms with E-state index in [9.17, 15) is 4.79 Å². The molecule has 0 radical (unpaired) electrons. The summed E-state index contributed by atoms with van der Waals surface area (Å²) >= 11 is 0. The Bertz CT molecular complexity index is 543. The van der Waals surface area contributed by atoms with Gasteiger partial charge in [0.15, 0.2) is 0 Å². The number of rotatable bonds is 5. The molecule has 0 unspecified atom stereocenters. The molecule has 1 amide bonds. The Labute approximate surface area is 136 Å². The molecule has 2 atom stereocenters. The van der Waals surface area contributed by atoms with E-state index in [1.54, 1.807) is 6.07 Å². The molecule has 6 heteroatoms. The van der Waals surface area contributed by atoms with E-state index in [1.165, 1.54) is 19.0 Å². The number of carbonyl (C=O) groups is 1. The van der Waals surface area contributed by atoms with E-state index in [2.05, 4.69) is 5.16 Å². The van der Waals surface area contributed by atoms with Crippen molar-refractivity contribution >= 4 is 5.91 Å². The van der Waals surface area contributed by atoms with Crippen LogP contribution in [0, 0.1) is 11.8 Å². The van der Waals surface area contributed by atoms with Gasteiger partial charge in [-0.1, -0.05) is 11.6 Å². The maximum atomic E-state index is 12.5. The van der Waals surface area contributed by atoms with Crippen LogP contribution in [0.25, 0.3) is 0 Å². The van der Waals surface area contributed by atoms with E-state index in [1.807, 2.05) is 4.90 Å². The molecular weight excluding hydrogens is 296 g/mol. The standard InChI is InChI=1S/C17H24N2O4/c20-16(15-5-7-18-23-15)19-8-9-22-17(12-19)6-1-2-14(17)11-21-10-13-3-4-13/h5,7,13-14H,1-4,6,8-12H2/t14-,17+/m0/s1. The first kappa shape index (κ1) is 15.1. The second-order valence-corrected chi connectivity index (χ2v) is 7.09. The molecule has 1 aliphatic heterocycles. The van der Waals surface area contributed by atoms with Gasteiger partial charge in [-0.25, -0.2) is 0 Å². The first-order valence-corrected chi connectivity index (χ1v) is 8.68. The van der Waals surface area contributed by atoms with Gasteiger partial charge in [-0.3, -0.25) is 4.79 Å². The van der Waals surface area contributed by atoms with Crippen LogP contribution in [0.2, 0.25) is 0 Å². The molecule has 0 N–H and O–H groups in total. The van der Waals surface area contributed by atoms with Crippen LogP contribution in [0.4, 0.5) is 0 Å². The fourth-order valence-electron chi connectivity index (χ4n) is 3.87. The van der Waals surface area contributed by atoms with Crippen LogP contribution in [0.3, 0.4) is 0 Å². The fourth-order valence-corrected chi connectivity index (χ4v) is 3.87. The minimum Gasteiger partial charge on any atom is -0.381 e. The third-order valence-electron chi connectivity index (χ3n) is 5.41. The molecule has 126 valence electrons.